The monoisotopic (exact) mass is 418 g/mol. The fourth-order valence-electron chi connectivity index (χ4n) is 2.38. The van der Waals surface area contributed by atoms with Gasteiger partial charge in [-0.05, 0) is 0 Å². The Labute approximate surface area is 165 Å². The number of aryl methyl sites for hydroxylation is 1. The molecule has 0 saturated carbocycles. The largest absolute Gasteiger partial charge is 1.00 e. The average Bonchev–Trinajstić information content (AvgIpc) is 3.14. The van der Waals surface area contributed by atoms with Gasteiger partial charge in [0, 0.05) is 0 Å². The van der Waals surface area contributed by atoms with Gasteiger partial charge in [-0.15, -0.1) is 70.3 Å². The van der Waals surface area contributed by atoms with Crippen LogP contribution in [0.1, 0.15) is 5.56 Å². The van der Waals surface area contributed by atoms with Gasteiger partial charge in [-0.1, -0.05) is 19.1 Å². The molecule has 0 radical (unpaired) electrons. The van der Waals surface area contributed by atoms with Crippen molar-refractivity contribution in [2.45, 2.75) is 6.92 Å². The first-order chi connectivity index (χ1) is 10.3. The molecule has 0 saturated heterocycles. The molecule has 0 amide bonds. The fourth-order valence-corrected chi connectivity index (χ4v) is 2.38. The molecule has 0 aliphatic heterocycles. The van der Waals surface area contributed by atoms with E-state index < -0.39 is 0 Å². The summed E-state index contributed by atoms with van der Waals surface area (Å²) >= 11 is 1.30. The molecule has 4 aromatic carbocycles. The third-order valence-corrected chi connectivity index (χ3v) is 3.31. The molecule has 0 bridgehead atoms. The van der Waals surface area contributed by atoms with Crippen LogP contribution in [0.3, 0.4) is 0 Å². The normalized spacial score (nSPS) is 8.83. The van der Waals surface area contributed by atoms with E-state index in [0.29, 0.717) is 0 Å². The summed E-state index contributed by atoms with van der Waals surface area (Å²) in [6.07, 6.45) is 0. The number of hydrogen-bond acceptors (Lipinski definition) is 0. The smallest absolute Gasteiger partial charge is 0.0809 e. The molecule has 23 heavy (non-hydrogen) atoms. The number of hydrogen-bond donors (Lipinski definition) is 0. The van der Waals surface area contributed by atoms with Crippen molar-refractivity contribution in [3.05, 3.63) is 84.4 Å². The maximum Gasteiger partial charge on any atom is -0.0809 e. The van der Waals surface area contributed by atoms with E-state index in [0.717, 1.165) is 0 Å². The number of fused-ring (bicyclic) bond motifs is 2. The SMILES string of the molecule is Cc1cc2ccccc2[cH-]1.[CH2]=[Zr+2].[Cl-].[Cl-].c1ccc2[cH-]ccc2c1. The van der Waals surface area contributed by atoms with Crippen molar-refractivity contribution < 1.29 is 49.0 Å². The minimum absolute atomic E-state index is 0. The molecule has 4 rings (SSSR count). The number of rotatable bonds is 0. The minimum Gasteiger partial charge on any atom is -1.00 e. The van der Waals surface area contributed by atoms with Gasteiger partial charge in [0.1, 0.15) is 0 Å². The van der Waals surface area contributed by atoms with Crippen molar-refractivity contribution >= 4 is 25.8 Å². The van der Waals surface area contributed by atoms with Gasteiger partial charge in [-0.2, -0.15) is 23.6 Å². The van der Waals surface area contributed by atoms with E-state index in [2.05, 4.69) is 90.0 Å². The zero-order valence-electron chi connectivity index (χ0n) is 13.0. The van der Waals surface area contributed by atoms with E-state index in [1.807, 2.05) is 0 Å². The van der Waals surface area contributed by atoms with E-state index in [4.69, 9.17) is 0 Å². The molecular formula is C20H18Cl2Zr-2. The van der Waals surface area contributed by atoms with Gasteiger partial charge < -0.3 is 24.8 Å². The Bertz CT molecular complexity index is 751. The molecule has 0 fully saturated rings. The first-order valence-corrected chi connectivity index (χ1v) is 8.65. The molecule has 0 aromatic heterocycles. The molecule has 0 atom stereocenters. The second kappa shape index (κ2) is 11.5. The Morgan fingerprint density at radius 3 is 1.96 bits per heavy atom. The quantitative estimate of drug-likeness (QED) is 0.334. The zero-order valence-corrected chi connectivity index (χ0v) is 16.9. The van der Waals surface area contributed by atoms with Crippen LogP contribution in [0.2, 0.25) is 0 Å². The molecule has 0 aliphatic rings. The summed E-state index contributed by atoms with van der Waals surface area (Å²) in [5.41, 5.74) is 1.35. The maximum atomic E-state index is 3.34. The topological polar surface area (TPSA) is 0 Å². The summed E-state index contributed by atoms with van der Waals surface area (Å²) in [7, 11) is 0. The van der Waals surface area contributed by atoms with E-state index in [-0.39, 0.29) is 24.8 Å². The van der Waals surface area contributed by atoms with E-state index in [9.17, 15) is 0 Å². The average molecular weight is 420 g/mol. The van der Waals surface area contributed by atoms with Crippen LogP contribution in [-0.4, -0.2) is 4.21 Å². The molecule has 0 nitrogen and oxygen atoms in total. The van der Waals surface area contributed by atoms with E-state index >= 15 is 0 Å². The van der Waals surface area contributed by atoms with Crippen LogP contribution in [0.4, 0.5) is 0 Å². The molecule has 0 heterocycles. The van der Waals surface area contributed by atoms with Gasteiger partial charge in [-0.3, -0.25) is 0 Å². The molecule has 0 N–H and O–H groups in total. The number of halogens is 2. The molecular weight excluding hydrogens is 402 g/mol. The predicted molar refractivity (Wildman–Crippen MR) is 90.9 cm³/mol. The van der Waals surface area contributed by atoms with Crippen molar-refractivity contribution in [3.63, 3.8) is 0 Å². The molecule has 118 valence electrons. The van der Waals surface area contributed by atoms with Crippen LogP contribution in [-0.2, 0) is 24.2 Å². The summed E-state index contributed by atoms with van der Waals surface area (Å²) in [6, 6.07) is 27.5. The Kier molecular flexibility index (Phi) is 11.0. The fraction of sp³-hybridized carbons (Fsp3) is 0.0500. The third kappa shape index (κ3) is 6.18. The minimum atomic E-state index is 0. The van der Waals surface area contributed by atoms with Crippen molar-refractivity contribution in [3.8, 4) is 0 Å². The summed E-state index contributed by atoms with van der Waals surface area (Å²) in [4.78, 5) is 0. The molecule has 4 aromatic rings. The number of benzene rings is 2. The van der Waals surface area contributed by atoms with Gasteiger partial charge in [0.2, 0.25) is 0 Å². The van der Waals surface area contributed by atoms with Gasteiger partial charge in [0.05, 0.1) is 0 Å². The predicted octanol–water partition coefficient (Wildman–Crippen LogP) is -0.601. The van der Waals surface area contributed by atoms with Gasteiger partial charge in [-0.25, -0.2) is 0 Å². The first-order valence-electron chi connectivity index (χ1n) is 6.91. The summed E-state index contributed by atoms with van der Waals surface area (Å²) < 4.78 is 3.34. The first kappa shape index (κ1) is 22.0. The maximum absolute atomic E-state index is 3.34. The van der Waals surface area contributed by atoms with E-state index in [1.54, 1.807) is 0 Å². The molecule has 0 unspecified atom stereocenters. The van der Waals surface area contributed by atoms with Crippen LogP contribution in [0.25, 0.3) is 21.5 Å². The Balaban J connectivity index is 0.000000354. The van der Waals surface area contributed by atoms with Crippen molar-refractivity contribution in [2.24, 2.45) is 0 Å². The second-order valence-corrected chi connectivity index (χ2v) is 4.82. The zero-order chi connectivity index (χ0) is 15.1. The van der Waals surface area contributed by atoms with Gasteiger partial charge in [0.15, 0.2) is 0 Å². The second-order valence-electron chi connectivity index (χ2n) is 4.82. The van der Waals surface area contributed by atoms with Crippen molar-refractivity contribution in [1.82, 2.24) is 0 Å². The van der Waals surface area contributed by atoms with Gasteiger partial charge in [0.25, 0.3) is 0 Å². The van der Waals surface area contributed by atoms with Crippen molar-refractivity contribution in [1.29, 1.82) is 0 Å². The Morgan fingerprint density at radius 2 is 1.35 bits per heavy atom. The summed E-state index contributed by atoms with van der Waals surface area (Å²) in [5.74, 6) is 0. The molecule has 0 spiro atoms. The van der Waals surface area contributed by atoms with Crippen LogP contribution in [0, 0.1) is 6.92 Å². The summed E-state index contributed by atoms with van der Waals surface area (Å²) in [5, 5.41) is 5.36. The molecule has 3 heteroatoms. The van der Waals surface area contributed by atoms with E-state index in [1.165, 1.54) is 51.3 Å². The summed E-state index contributed by atoms with van der Waals surface area (Å²) in [6.45, 7) is 2.12. The van der Waals surface area contributed by atoms with Crippen LogP contribution < -0.4 is 24.8 Å². The van der Waals surface area contributed by atoms with Crippen molar-refractivity contribution in [2.75, 3.05) is 0 Å². The standard InChI is InChI=1S/C10H9.C9H7.CH2.2ClH.Zr/c1-8-6-9-4-2-3-5-10(9)7-8;1-2-5-9-7-3-6-8(9)4-1;;;;/h2-7H,1H3;1-7H;1H2;2*1H;/q2*-1;;;;+2/p-2. The Morgan fingerprint density at radius 1 is 0.783 bits per heavy atom. The van der Waals surface area contributed by atoms with Crippen LogP contribution >= 0.6 is 0 Å². The van der Waals surface area contributed by atoms with Gasteiger partial charge >= 0.3 is 28.4 Å². The third-order valence-electron chi connectivity index (χ3n) is 3.31. The molecule has 0 aliphatic carbocycles. The van der Waals surface area contributed by atoms with Crippen LogP contribution in [0.15, 0.2) is 78.9 Å². The van der Waals surface area contributed by atoms with Crippen LogP contribution in [0.5, 0.6) is 0 Å². The Hall–Kier alpha value is -1.01.